The summed E-state index contributed by atoms with van der Waals surface area (Å²) in [5.74, 6) is -0.437. The Balaban J connectivity index is 2.19. The van der Waals surface area contributed by atoms with E-state index in [0.29, 0.717) is 11.4 Å². The van der Waals surface area contributed by atoms with Gasteiger partial charge < -0.3 is 15.7 Å². The number of amides is 1. The minimum absolute atomic E-state index is 0.0836. The molecule has 1 aromatic rings. The summed E-state index contributed by atoms with van der Waals surface area (Å²) < 4.78 is 0. The second kappa shape index (κ2) is 6.39. The fourth-order valence-electron chi connectivity index (χ4n) is 2.52. The Morgan fingerprint density at radius 2 is 2.19 bits per heavy atom. The molecule has 5 nitrogen and oxygen atoms in total. The third-order valence-electron chi connectivity index (χ3n) is 3.48. The zero-order valence-corrected chi connectivity index (χ0v) is 13.0. The number of aliphatic carboxylic acids is 1. The molecule has 0 bridgehead atoms. The fraction of sp³-hybridized carbons (Fsp3) is 0.467. The monoisotopic (exact) mass is 308 g/mol. The van der Waals surface area contributed by atoms with Crippen LogP contribution in [-0.4, -0.2) is 39.1 Å². The fourth-order valence-corrected chi connectivity index (χ4v) is 4.01. The van der Waals surface area contributed by atoms with Crippen LogP contribution in [0.1, 0.15) is 19.4 Å². The number of nitrogens with zero attached hydrogens (tertiary/aromatic N) is 1. The van der Waals surface area contributed by atoms with Crippen LogP contribution in [0.25, 0.3) is 0 Å². The third-order valence-corrected chi connectivity index (χ3v) is 5.11. The van der Waals surface area contributed by atoms with E-state index in [2.05, 4.69) is 0 Å². The molecule has 1 aliphatic rings. The van der Waals surface area contributed by atoms with Crippen molar-refractivity contribution in [1.29, 1.82) is 0 Å². The van der Waals surface area contributed by atoms with E-state index in [1.807, 2.05) is 19.9 Å². The number of benzene rings is 1. The van der Waals surface area contributed by atoms with Crippen molar-refractivity contribution in [3.8, 4) is 0 Å². The van der Waals surface area contributed by atoms with Crippen molar-refractivity contribution < 1.29 is 14.7 Å². The first-order valence-electron chi connectivity index (χ1n) is 6.90. The highest BCUT2D eigenvalue weighted by Crippen LogP contribution is 2.34. The van der Waals surface area contributed by atoms with E-state index in [0.717, 1.165) is 5.56 Å². The smallest absolute Gasteiger partial charge is 0.327 e. The van der Waals surface area contributed by atoms with E-state index in [1.165, 1.54) is 16.7 Å². The number of anilines is 1. The third kappa shape index (κ3) is 3.50. The van der Waals surface area contributed by atoms with Crippen LogP contribution < -0.4 is 5.73 Å². The van der Waals surface area contributed by atoms with Crippen LogP contribution in [0.4, 0.5) is 5.69 Å². The highest BCUT2D eigenvalue weighted by Gasteiger charge is 2.42. The predicted octanol–water partition coefficient (Wildman–Crippen LogP) is 1.82. The molecule has 2 rings (SSSR count). The molecular weight excluding hydrogens is 288 g/mol. The lowest BCUT2D eigenvalue weighted by Crippen LogP contribution is -2.47. The summed E-state index contributed by atoms with van der Waals surface area (Å²) in [6, 6.07) is 6.40. The molecule has 1 aromatic carbocycles. The van der Waals surface area contributed by atoms with Crippen molar-refractivity contribution in [3.63, 3.8) is 0 Å². The summed E-state index contributed by atoms with van der Waals surface area (Å²) >= 11 is 1.54. The zero-order chi connectivity index (χ0) is 15.6. The quantitative estimate of drug-likeness (QED) is 0.829. The second-order valence-corrected chi connectivity index (χ2v) is 6.69. The van der Waals surface area contributed by atoms with Gasteiger partial charge in [0.2, 0.25) is 5.91 Å². The lowest BCUT2D eigenvalue weighted by molar-refractivity contribution is -0.149. The summed E-state index contributed by atoms with van der Waals surface area (Å²) in [5, 5.41) is 9.23. The van der Waals surface area contributed by atoms with Crippen LogP contribution in [0.15, 0.2) is 24.3 Å². The number of carboxylic acid groups (broad SMARTS) is 1. The van der Waals surface area contributed by atoms with Gasteiger partial charge in [-0.2, -0.15) is 0 Å². The number of carboxylic acids is 1. The minimum atomic E-state index is -0.938. The van der Waals surface area contributed by atoms with Gasteiger partial charge in [-0.05, 0) is 23.6 Å². The largest absolute Gasteiger partial charge is 0.480 e. The maximum atomic E-state index is 12.6. The second-order valence-electron chi connectivity index (χ2n) is 5.54. The predicted molar refractivity (Wildman–Crippen MR) is 83.9 cm³/mol. The van der Waals surface area contributed by atoms with Gasteiger partial charge in [-0.3, -0.25) is 4.79 Å². The average Bonchev–Trinajstić information content (AvgIpc) is 2.83. The number of thioether (sulfide) groups is 1. The van der Waals surface area contributed by atoms with Crippen molar-refractivity contribution in [2.75, 3.05) is 11.5 Å². The lowest BCUT2D eigenvalue weighted by atomic mass is 10.1. The van der Waals surface area contributed by atoms with Crippen LogP contribution in [-0.2, 0) is 16.0 Å². The molecule has 0 saturated carbocycles. The van der Waals surface area contributed by atoms with E-state index in [1.54, 1.807) is 18.2 Å². The van der Waals surface area contributed by atoms with E-state index >= 15 is 0 Å². The van der Waals surface area contributed by atoms with Crippen LogP contribution >= 0.6 is 11.8 Å². The van der Waals surface area contributed by atoms with Crippen molar-refractivity contribution in [3.05, 3.63) is 29.8 Å². The SMILES string of the molecule is CC(C)C1SCC(C(=O)O)N1C(=O)Cc1cccc(N)c1. The summed E-state index contributed by atoms with van der Waals surface area (Å²) in [6.45, 7) is 4.01. The number of hydrogen-bond donors (Lipinski definition) is 2. The van der Waals surface area contributed by atoms with Crippen molar-refractivity contribution in [1.82, 2.24) is 4.90 Å². The zero-order valence-electron chi connectivity index (χ0n) is 12.2. The van der Waals surface area contributed by atoms with Crippen LogP contribution in [0.5, 0.6) is 0 Å². The van der Waals surface area contributed by atoms with Gasteiger partial charge in [-0.1, -0.05) is 26.0 Å². The lowest BCUT2D eigenvalue weighted by Gasteiger charge is -2.29. The molecule has 0 spiro atoms. The first kappa shape index (κ1) is 15.7. The molecule has 1 amide bonds. The molecule has 114 valence electrons. The summed E-state index contributed by atoms with van der Waals surface area (Å²) in [5.41, 5.74) is 7.13. The molecule has 1 saturated heterocycles. The van der Waals surface area contributed by atoms with Gasteiger partial charge in [0, 0.05) is 11.4 Å². The van der Waals surface area contributed by atoms with Gasteiger partial charge in [-0.15, -0.1) is 11.8 Å². The molecule has 21 heavy (non-hydrogen) atoms. The van der Waals surface area contributed by atoms with Gasteiger partial charge in [0.1, 0.15) is 6.04 Å². The van der Waals surface area contributed by atoms with Crippen molar-refractivity contribution >= 4 is 29.3 Å². The number of carbonyl (C=O) groups is 2. The first-order valence-corrected chi connectivity index (χ1v) is 7.95. The Morgan fingerprint density at radius 1 is 1.48 bits per heavy atom. The molecule has 2 atom stereocenters. The number of rotatable bonds is 4. The highest BCUT2D eigenvalue weighted by atomic mass is 32.2. The van der Waals surface area contributed by atoms with E-state index in [4.69, 9.17) is 5.73 Å². The Labute approximate surface area is 128 Å². The van der Waals surface area contributed by atoms with Gasteiger partial charge in [-0.25, -0.2) is 4.79 Å². The molecule has 0 aliphatic carbocycles. The molecule has 6 heteroatoms. The van der Waals surface area contributed by atoms with E-state index in [-0.39, 0.29) is 23.6 Å². The molecule has 3 N–H and O–H groups in total. The Bertz CT molecular complexity index is 547. The van der Waals surface area contributed by atoms with Gasteiger partial charge in [0.05, 0.1) is 11.8 Å². The molecule has 1 aliphatic heterocycles. The number of nitrogens with two attached hydrogens (primary N) is 1. The summed E-state index contributed by atoms with van der Waals surface area (Å²) in [4.78, 5) is 25.5. The standard InChI is InChI=1S/C15H20N2O3S/c1-9(2)14-17(12(8-21-14)15(19)20)13(18)7-10-4-3-5-11(16)6-10/h3-6,9,12,14H,7-8,16H2,1-2H3,(H,19,20). The maximum Gasteiger partial charge on any atom is 0.327 e. The molecule has 1 fully saturated rings. The van der Waals surface area contributed by atoms with Crippen molar-refractivity contribution in [2.24, 2.45) is 5.92 Å². The Morgan fingerprint density at radius 3 is 2.76 bits per heavy atom. The minimum Gasteiger partial charge on any atom is -0.480 e. The van der Waals surface area contributed by atoms with Crippen molar-refractivity contribution in [2.45, 2.75) is 31.7 Å². The normalized spacial score (nSPS) is 21.8. The number of hydrogen-bond acceptors (Lipinski definition) is 4. The molecule has 0 aromatic heterocycles. The molecule has 0 radical (unpaired) electrons. The Kier molecular flexibility index (Phi) is 4.77. The summed E-state index contributed by atoms with van der Waals surface area (Å²) in [7, 11) is 0. The highest BCUT2D eigenvalue weighted by molar-refractivity contribution is 8.00. The Hall–Kier alpha value is -1.69. The van der Waals surface area contributed by atoms with Gasteiger partial charge in [0.15, 0.2) is 0 Å². The summed E-state index contributed by atoms with van der Waals surface area (Å²) in [6.07, 6.45) is 0.179. The molecular formula is C15H20N2O3S. The number of nitrogen functional groups attached to an aromatic ring is 1. The average molecular weight is 308 g/mol. The molecule has 1 heterocycles. The first-order chi connectivity index (χ1) is 9.90. The van der Waals surface area contributed by atoms with Gasteiger partial charge >= 0.3 is 5.97 Å². The van der Waals surface area contributed by atoms with Crippen LogP contribution in [0.2, 0.25) is 0 Å². The van der Waals surface area contributed by atoms with Crippen LogP contribution in [0.3, 0.4) is 0 Å². The van der Waals surface area contributed by atoms with Gasteiger partial charge in [0.25, 0.3) is 0 Å². The topological polar surface area (TPSA) is 83.6 Å². The van der Waals surface area contributed by atoms with Crippen LogP contribution in [0, 0.1) is 5.92 Å². The maximum absolute atomic E-state index is 12.6. The molecule has 2 unspecified atom stereocenters. The number of carbonyl (C=O) groups excluding carboxylic acids is 1. The van der Waals surface area contributed by atoms with E-state index in [9.17, 15) is 14.7 Å². The van der Waals surface area contributed by atoms with E-state index < -0.39 is 12.0 Å².